The van der Waals surface area contributed by atoms with Crippen molar-refractivity contribution in [3.8, 4) is 5.75 Å². The molecule has 1 aromatic rings. The molecular formula is C21H28N2O3. The lowest BCUT2D eigenvalue weighted by molar-refractivity contribution is -0.130. The Morgan fingerprint density at radius 1 is 1.04 bits per heavy atom. The average Bonchev–Trinajstić information content (AvgIpc) is 2.85. The van der Waals surface area contributed by atoms with Gasteiger partial charge >= 0.3 is 0 Å². The third kappa shape index (κ3) is 5.35. The van der Waals surface area contributed by atoms with E-state index in [0.717, 1.165) is 18.6 Å². The van der Waals surface area contributed by atoms with Crippen LogP contribution in [0, 0.1) is 0 Å². The van der Waals surface area contributed by atoms with Crippen LogP contribution in [0.1, 0.15) is 38.5 Å². The molecule has 0 aromatic heterocycles. The summed E-state index contributed by atoms with van der Waals surface area (Å²) in [7, 11) is 0. The van der Waals surface area contributed by atoms with Crippen LogP contribution in [0.25, 0.3) is 0 Å². The van der Waals surface area contributed by atoms with Crippen molar-refractivity contribution in [1.82, 2.24) is 9.80 Å². The molecule has 1 fully saturated rings. The van der Waals surface area contributed by atoms with Crippen LogP contribution in [-0.4, -0.2) is 54.4 Å². The summed E-state index contributed by atoms with van der Waals surface area (Å²) < 4.78 is 5.69. The van der Waals surface area contributed by atoms with E-state index in [2.05, 4.69) is 6.08 Å². The van der Waals surface area contributed by atoms with Gasteiger partial charge in [0, 0.05) is 32.5 Å². The molecule has 140 valence electrons. The molecule has 0 unspecified atom stereocenters. The normalized spacial score (nSPS) is 18.3. The van der Waals surface area contributed by atoms with Crippen LogP contribution in [0.5, 0.6) is 5.75 Å². The fraction of sp³-hybridized carbons (Fsp3) is 0.524. The lowest BCUT2D eigenvalue weighted by atomic mass is 9.97. The minimum Gasteiger partial charge on any atom is -0.492 e. The van der Waals surface area contributed by atoms with E-state index in [1.54, 1.807) is 0 Å². The van der Waals surface area contributed by atoms with Gasteiger partial charge in [0.05, 0.1) is 6.54 Å². The minimum absolute atomic E-state index is 0.105. The minimum atomic E-state index is 0.105. The highest BCUT2D eigenvalue weighted by Crippen LogP contribution is 2.21. The number of benzene rings is 1. The molecule has 0 atom stereocenters. The van der Waals surface area contributed by atoms with Gasteiger partial charge in [-0.25, -0.2) is 0 Å². The van der Waals surface area contributed by atoms with Crippen molar-refractivity contribution in [3.63, 3.8) is 0 Å². The Morgan fingerprint density at radius 2 is 1.88 bits per heavy atom. The summed E-state index contributed by atoms with van der Waals surface area (Å²) in [5.74, 6) is 1.08. The van der Waals surface area contributed by atoms with Crippen molar-refractivity contribution in [1.29, 1.82) is 0 Å². The maximum absolute atomic E-state index is 12.6. The molecule has 1 aliphatic heterocycles. The van der Waals surface area contributed by atoms with Crippen molar-refractivity contribution in [2.75, 3.05) is 32.8 Å². The summed E-state index contributed by atoms with van der Waals surface area (Å²) in [6.07, 6.45) is 7.69. The number of para-hydroxylation sites is 1. The van der Waals surface area contributed by atoms with Gasteiger partial charge in [-0.2, -0.15) is 0 Å². The molecule has 0 saturated carbocycles. The predicted molar refractivity (Wildman–Crippen MR) is 101 cm³/mol. The van der Waals surface area contributed by atoms with E-state index in [9.17, 15) is 9.59 Å². The Morgan fingerprint density at radius 3 is 2.65 bits per heavy atom. The zero-order chi connectivity index (χ0) is 18.2. The number of amides is 2. The van der Waals surface area contributed by atoms with Crippen LogP contribution in [0.2, 0.25) is 0 Å². The Kier molecular flexibility index (Phi) is 6.69. The van der Waals surface area contributed by atoms with Gasteiger partial charge in [-0.1, -0.05) is 29.8 Å². The molecule has 5 heteroatoms. The summed E-state index contributed by atoms with van der Waals surface area (Å²) in [6.45, 7) is 2.75. The fourth-order valence-electron chi connectivity index (χ4n) is 3.51. The average molecular weight is 356 g/mol. The van der Waals surface area contributed by atoms with Crippen LogP contribution in [0.4, 0.5) is 0 Å². The molecule has 5 nitrogen and oxygen atoms in total. The third-order valence-corrected chi connectivity index (χ3v) is 5.08. The van der Waals surface area contributed by atoms with Crippen LogP contribution in [0.3, 0.4) is 0 Å². The van der Waals surface area contributed by atoms with E-state index in [4.69, 9.17) is 4.74 Å². The van der Waals surface area contributed by atoms with Crippen LogP contribution in [0.15, 0.2) is 42.0 Å². The van der Waals surface area contributed by atoms with Gasteiger partial charge in [0.1, 0.15) is 12.4 Å². The summed E-state index contributed by atoms with van der Waals surface area (Å²) in [5.41, 5.74) is 1.27. The summed E-state index contributed by atoms with van der Waals surface area (Å²) in [4.78, 5) is 28.6. The van der Waals surface area contributed by atoms with Gasteiger partial charge in [-0.3, -0.25) is 9.59 Å². The number of hydrogen-bond donors (Lipinski definition) is 0. The van der Waals surface area contributed by atoms with Crippen molar-refractivity contribution in [2.45, 2.75) is 38.5 Å². The zero-order valence-corrected chi connectivity index (χ0v) is 15.4. The third-order valence-electron chi connectivity index (χ3n) is 5.08. The monoisotopic (exact) mass is 356 g/mol. The molecule has 0 radical (unpaired) electrons. The number of allylic oxidation sites excluding steroid dienone is 1. The van der Waals surface area contributed by atoms with E-state index < -0.39 is 0 Å². The Balaban J connectivity index is 1.45. The van der Waals surface area contributed by atoms with Gasteiger partial charge in [-0.05, 0) is 37.8 Å². The molecule has 2 aliphatic rings. The topological polar surface area (TPSA) is 49.9 Å². The van der Waals surface area contributed by atoms with E-state index >= 15 is 0 Å². The van der Waals surface area contributed by atoms with E-state index in [1.807, 2.05) is 40.1 Å². The molecule has 2 amide bonds. The lowest BCUT2D eigenvalue weighted by Gasteiger charge is -2.23. The number of carbonyl (C=O) groups is 2. The summed E-state index contributed by atoms with van der Waals surface area (Å²) in [6, 6.07) is 9.62. The maximum atomic E-state index is 12.6. The Hall–Kier alpha value is -2.30. The molecule has 26 heavy (non-hydrogen) atoms. The first-order valence-electron chi connectivity index (χ1n) is 9.63. The van der Waals surface area contributed by atoms with Gasteiger partial charge < -0.3 is 14.5 Å². The molecular weight excluding hydrogens is 328 g/mol. The standard InChI is InChI=1S/C21H28N2O3/c24-20-11-12-22(21(25)17-18-7-3-1-4-8-18)13-14-23(20)15-16-26-19-9-5-2-6-10-19/h2,5-7,9-10H,1,3-4,8,11-17H2. The molecule has 1 aromatic carbocycles. The van der Waals surface area contributed by atoms with Crippen molar-refractivity contribution in [2.24, 2.45) is 0 Å². The fourth-order valence-corrected chi connectivity index (χ4v) is 3.51. The quantitative estimate of drug-likeness (QED) is 0.736. The lowest BCUT2D eigenvalue weighted by Crippen LogP contribution is -2.37. The van der Waals surface area contributed by atoms with Crippen LogP contribution < -0.4 is 4.74 Å². The van der Waals surface area contributed by atoms with E-state index in [1.165, 1.54) is 18.4 Å². The van der Waals surface area contributed by atoms with Crippen molar-refractivity contribution in [3.05, 3.63) is 42.0 Å². The molecule has 0 bridgehead atoms. The highest BCUT2D eigenvalue weighted by atomic mass is 16.5. The molecule has 3 rings (SSSR count). The van der Waals surface area contributed by atoms with Crippen molar-refractivity contribution < 1.29 is 14.3 Å². The number of nitrogens with zero attached hydrogens (tertiary/aromatic N) is 2. The van der Waals surface area contributed by atoms with Gasteiger partial charge in [0.25, 0.3) is 0 Å². The molecule has 1 heterocycles. The smallest absolute Gasteiger partial charge is 0.226 e. The maximum Gasteiger partial charge on any atom is 0.226 e. The highest BCUT2D eigenvalue weighted by Gasteiger charge is 2.24. The second kappa shape index (κ2) is 9.41. The summed E-state index contributed by atoms with van der Waals surface area (Å²) in [5, 5.41) is 0. The second-order valence-electron chi connectivity index (χ2n) is 6.96. The summed E-state index contributed by atoms with van der Waals surface area (Å²) >= 11 is 0. The first-order valence-corrected chi connectivity index (χ1v) is 9.63. The zero-order valence-electron chi connectivity index (χ0n) is 15.4. The first kappa shape index (κ1) is 18.5. The Labute approximate surface area is 155 Å². The van der Waals surface area contributed by atoms with Crippen LogP contribution >= 0.6 is 0 Å². The number of hydrogen-bond acceptors (Lipinski definition) is 3. The SMILES string of the molecule is O=C1CCN(C(=O)CC2=CCCCC2)CCN1CCOc1ccccc1. The van der Waals surface area contributed by atoms with Gasteiger partial charge in [0.2, 0.25) is 11.8 Å². The molecule has 1 saturated heterocycles. The van der Waals surface area contributed by atoms with Gasteiger partial charge in [-0.15, -0.1) is 0 Å². The number of carbonyl (C=O) groups excluding carboxylic acids is 2. The predicted octanol–water partition coefficient (Wildman–Crippen LogP) is 3.02. The largest absolute Gasteiger partial charge is 0.492 e. The number of rotatable bonds is 6. The van der Waals surface area contributed by atoms with Crippen LogP contribution in [-0.2, 0) is 9.59 Å². The molecule has 0 spiro atoms. The highest BCUT2D eigenvalue weighted by molar-refractivity contribution is 5.81. The number of ether oxygens (including phenoxy) is 1. The van der Waals surface area contributed by atoms with Crippen molar-refractivity contribution >= 4 is 11.8 Å². The second-order valence-corrected chi connectivity index (χ2v) is 6.96. The molecule has 1 aliphatic carbocycles. The molecule has 0 N–H and O–H groups in total. The van der Waals surface area contributed by atoms with E-state index in [0.29, 0.717) is 45.6 Å². The van der Waals surface area contributed by atoms with Gasteiger partial charge in [0.15, 0.2) is 0 Å². The Bertz CT molecular complexity index is 642. The first-order chi connectivity index (χ1) is 12.7. The van der Waals surface area contributed by atoms with E-state index in [-0.39, 0.29) is 11.8 Å².